The minimum Gasteiger partial charge on any atom is -0.458 e. The number of hydrogen-bond donors (Lipinski definition) is 1. The van der Waals surface area contributed by atoms with E-state index >= 15 is 0 Å². The van der Waals surface area contributed by atoms with Gasteiger partial charge in [-0.1, -0.05) is 30.3 Å². The van der Waals surface area contributed by atoms with E-state index in [-0.39, 0.29) is 18.6 Å². The summed E-state index contributed by atoms with van der Waals surface area (Å²) in [5, 5.41) is 16.0. The molecule has 1 atom stereocenters. The molecule has 0 amide bonds. The van der Waals surface area contributed by atoms with Gasteiger partial charge in [0.05, 0.1) is 35.2 Å². The summed E-state index contributed by atoms with van der Waals surface area (Å²) >= 11 is 0. The van der Waals surface area contributed by atoms with Gasteiger partial charge in [0, 0.05) is 22.1 Å². The van der Waals surface area contributed by atoms with Crippen molar-refractivity contribution in [1.29, 1.82) is 0 Å². The van der Waals surface area contributed by atoms with Crippen molar-refractivity contribution in [2.45, 2.75) is 58.5 Å². The lowest BCUT2D eigenvalue weighted by Gasteiger charge is -2.31. The van der Waals surface area contributed by atoms with Crippen LogP contribution in [0.2, 0.25) is 0 Å². The Morgan fingerprint density at radius 2 is 2.09 bits per heavy atom. The third-order valence-electron chi connectivity index (χ3n) is 6.09. The molecule has 33 heavy (non-hydrogen) atoms. The fourth-order valence-electron chi connectivity index (χ4n) is 4.38. The van der Waals surface area contributed by atoms with Crippen LogP contribution in [0.5, 0.6) is 0 Å². The van der Waals surface area contributed by atoms with E-state index in [0.29, 0.717) is 29.1 Å². The highest BCUT2D eigenvalue weighted by Gasteiger charge is 2.45. The van der Waals surface area contributed by atoms with Crippen molar-refractivity contribution in [3.05, 3.63) is 62.9 Å². The molecule has 1 N–H and O–H groups in total. The van der Waals surface area contributed by atoms with E-state index in [4.69, 9.17) is 14.6 Å². The molecule has 0 spiro atoms. The van der Waals surface area contributed by atoms with Gasteiger partial charge in [-0.25, -0.2) is 9.78 Å². The monoisotopic (exact) mass is 447 g/mol. The van der Waals surface area contributed by atoms with Gasteiger partial charge in [0.1, 0.15) is 12.2 Å². The van der Waals surface area contributed by atoms with Crippen LogP contribution in [-0.4, -0.2) is 32.4 Å². The number of fused-ring (bicyclic) bond motifs is 5. The molecule has 0 saturated heterocycles. The Labute approximate surface area is 190 Å². The van der Waals surface area contributed by atoms with Crippen LogP contribution in [0.3, 0.4) is 0 Å². The summed E-state index contributed by atoms with van der Waals surface area (Å²) in [6.07, 6.45) is 1.74. The van der Waals surface area contributed by atoms with Crippen molar-refractivity contribution >= 4 is 23.1 Å². The number of rotatable bonds is 3. The number of nitrogens with zero attached hydrogens (tertiary/aromatic N) is 3. The number of para-hydroxylation sites is 1. The average molecular weight is 447 g/mol. The van der Waals surface area contributed by atoms with Gasteiger partial charge in [-0.2, -0.15) is 0 Å². The zero-order valence-electron chi connectivity index (χ0n) is 19.0. The topological polar surface area (TPSA) is 103 Å². The smallest absolute Gasteiger partial charge is 0.343 e. The van der Waals surface area contributed by atoms with Crippen LogP contribution in [0.25, 0.3) is 22.3 Å². The first-order valence-corrected chi connectivity index (χ1v) is 10.9. The van der Waals surface area contributed by atoms with Gasteiger partial charge in [-0.05, 0) is 39.3 Å². The highest BCUT2D eigenvalue weighted by atomic mass is 16.6. The molecule has 8 nitrogen and oxygen atoms in total. The zero-order valence-corrected chi connectivity index (χ0v) is 19.0. The summed E-state index contributed by atoms with van der Waals surface area (Å²) < 4.78 is 6.75. The van der Waals surface area contributed by atoms with E-state index in [9.17, 15) is 14.7 Å². The number of carbonyl (C=O) groups is 1. The average Bonchev–Trinajstić information content (AvgIpc) is 3.12. The van der Waals surface area contributed by atoms with E-state index in [1.807, 2.05) is 45.0 Å². The molecule has 8 heteroatoms. The molecule has 0 fully saturated rings. The third kappa shape index (κ3) is 3.33. The van der Waals surface area contributed by atoms with E-state index in [1.165, 1.54) is 0 Å². The van der Waals surface area contributed by atoms with E-state index in [1.54, 1.807) is 23.8 Å². The molecule has 1 unspecified atom stereocenters. The molecule has 0 saturated carbocycles. The fourth-order valence-corrected chi connectivity index (χ4v) is 4.38. The number of benzene rings is 1. The zero-order chi connectivity index (χ0) is 23.5. The lowest BCUT2D eigenvalue weighted by atomic mass is 9.86. The molecule has 170 valence electrons. The van der Waals surface area contributed by atoms with Crippen LogP contribution < -0.4 is 5.56 Å². The van der Waals surface area contributed by atoms with Gasteiger partial charge in [0.15, 0.2) is 5.60 Å². The Bertz CT molecular complexity index is 1400. The van der Waals surface area contributed by atoms with Gasteiger partial charge in [0.25, 0.3) is 5.56 Å². The Hall–Kier alpha value is -3.52. The first-order valence-electron chi connectivity index (χ1n) is 10.9. The van der Waals surface area contributed by atoms with E-state index < -0.39 is 17.2 Å². The molecular formula is C25H25N3O5. The summed E-state index contributed by atoms with van der Waals surface area (Å²) in [6, 6.07) is 9.51. The molecule has 3 aromatic rings. The number of aliphatic hydroxyl groups is 1. The predicted octanol–water partition coefficient (Wildman–Crippen LogP) is 3.23. The Morgan fingerprint density at radius 1 is 1.30 bits per heavy atom. The van der Waals surface area contributed by atoms with Crippen molar-refractivity contribution in [3.8, 4) is 11.4 Å². The van der Waals surface area contributed by atoms with Crippen LogP contribution in [-0.2, 0) is 33.1 Å². The molecule has 4 heterocycles. The molecule has 5 rings (SSSR count). The summed E-state index contributed by atoms with van der Waals surface area (Å²) in [7, 11) is 0. The van der Waals surface area contributed by atoms with Gasteiger partial charge in [-0.3, -0.25) is 4.79 Å². The van der Waals surface area contributed by atoms with E-state index in [0.717, 1.165) is 22.0 Å². The summed E-state index contributed by atoms with van der Waals surface area (Å²) in [6.45, 7) is 7.66. The lowest BCUT2D eigenvalue weighted by Crippen LogP contribution is -2.44. The Morgan fingerprint density at radius 3 is 2.82 bits per heavy atom. The van der Waals surface area contributed by atoms with Crippen LogP contribution >= 0.6 is 0 Å². The molecule has 0 bridgehead atoms. The third-order valence-corrected chi connectivity index (χ3v) is 6.09. The molecule has 0 aliphatic carbocycles. The number of pyridine rings is 2. The van der Waals surface area contributed by atoms with E-state index in [2.05, 4.69) is 5.16 Å². The molecule has 2 aliphatic heterocycles. The Balaban J connectivity index is 1.68. The van der Waals surface area contributed by atoms with Crippen molar-refractivity contribution < 1.29 is 19.5 Å². The van der Waals surface area contributed by atoms with Gasteiger partial charge >= 0.3 is 5.97 Å². The summed E-state index contributed by atoms with van der Waals surface area (Å²) in [5.74, 6) is -0.733. The van der Waals surface area contributed by atoms with Crippen LogP contribution in [0.4, 0.5) is 0 Å². The normalized spacial score (nSPS) is 19.4. The van der Waals surface area contributed by atoms with Crippen LogP contribution in [0.1, 0.15) is 56.4 Å². The van der Waals surface area contributed by atoms with Crippen molar-refractivity contribution in [2.75, 3.05) is 0 Å². The summed E-state index contributed by atoms with van der Waals surface area (Å²) in [4.78, 5) is 36.0. The first kappa shape index (κ1) is 21.3. The second-order valence-corrected chi connectivity index (χ2v) is 9.46. The molecular weight excluding hydrogens is 422 g/mol. The van der Waals surface area contributed by atoms with Crippen molar-refractivity contribution in [3.63, 3.8) is 0 Å². The first-order chi connectivity index (χ1) is 15.6. The maximum Gasteiger partial charge on any atom is 0.343 e. The number of hydrogen-bond acceptors (Lipinski definition) is 7. The van der Waals surface area contributed by atoms with Gasteiger partial charge < -0.3 is 19.2 Å². The summed E-state index contributed by atoms with van der Waals surface area (Å²) in [5.41, 5.74) is 1.72. The maximum absolute atomic E-state index is 13.3. The number of cyclic esters (lactones) is 1. The second kappa shape index (κ2) is 7.25. The van der Waals surface area contributed by atoms with Crippen LogP contribution in [0.15, 0.2) is 40.3 Å². The van der Waals surface area contributed by atoms with Crippen molar-refractivity contribution in [1.82, 2.24) is 9.55 Å². The standard InChI is InChI=1S/C25H25N3O5/c1-5-25(31)18-10-19-21-16(12-28(19)22(29)17(18)13-32-23(25)30)9-14-7-6-8-15(20(14)27-21)11-26-33-24(2,3)4/h6-11,31H,5,12-13H2,1-4H3/b26-11+. The maximum atomic E-state index is 13.3. The molecule has 2 aromatic heterocycles. The largest absolute Gasteiger partial charge is 0.458 e. The number of aromatic nitrogens is 2. The number of esters is 1. The minimum absolute atomic E-state index is 0.105. The lowest BCUT2D eigenvalue weighted by molar-refractivity contribution is -0.172. The number of carbonyl (C=O) groups excluding carboxylic acids is 1. The number of ether oxygens (including phenoxy) is 1. The van der Waals surface area contributed by atoms with Gasteiger partial charge in [0.2, 0.25) is 0 Å². The fraction of sp³-hybridized carbons (Fsp3) is 0.360. The Kier molecular flexibility index (Phi) is 4.68. The number of oxime groups is 1. The quantitative estimate of drug-likeness (QED) is 0.294. The second-order valence-electron chi connectivity index (χ2n) is 9.46. The van der Waals surface area contributed by atoms with Crippen LogP contribution in [0, 0.1) is 0 Å². The SMILES string of the molecule is CCC1(O)C(=O)OCc2c1cc1n(c2=O)Cc2cc3cccc(/C=N/OC(C)(C)C)c3nc2-1. The minimum atomic E-state index is -1.84. The highest BCUT2D eigenvalue weighted by Crippen LogP contribution is 2.38. The molecule has 1 aromatic carbocycles. The highest BCUT2D eigenvalue weighted by molar-refractivity contribution is 5.98. The van der Waals surface area contributed by atoms with Gasteiger partial charge in [-0.15, -0.1) is 0 Å². The van der Waals surface area contributed by atoms with Crippen molar-refractivity contribution in [2.24, 2.45) is 5.16 Å². The predicted molar refractivity (Wildman–Crippen MR) is 123 cm³/mol. The molecule has 0 radical (unpaired) electrons. The molecule has 2 aliphatic rings.